The van der Waals surface area contributed by atoms with E-state index < -0.39 is 30.2 Å². The molecule has 2 aliphatic carbocycles. The molecule has 0 aromatic carbocycles. The normalized spacial score (nSPS) is 40.2. The topological polar surface area (TPSA) is 99.4 Å². The summed E-state index contributed by atoms with van der Waals surface area (Å²) in [6.07, 6.45) is 3.92. The molecule has 0 aromatic heterocycles. The molecule has 7 atom stereocenters. The highest BCUT2D eigenvalue weighted by atomic mass is 16.7. The number of hydrogen-bond acceptors (Lipinski definition) is 6. The Morgan fingerprint density at radius 3 is 2.58 bits per heavy atom. The maximum Gasteiger partial charge on any atom is 0.186 e. The first-order chi connectivity index (χ1) is 14.4. The van der Waals surface area contributed by atoms with Gasteiger partial charge in [0.2, 0.25) is 0 Å². The van der Waals surface area contributed by atoms with Crippen LogP contribution in [0.4, 0.5) is 0 Å². The Hall–Kier alpha value is -0.760. The van der Waals surface area contributed by atoms with Gasteiger partial charge in [-0.1, -0.05) is 38.8 Å². The summed E-state index contributed by atoms with van der Waals surface area (Å²) in [5, 5.41) is 40.4. The molecule has 2 fully saturated rings. The van der Waals surface area contributed by atoms with Gasteiger partial charge >= 0.3 is 0 Å². The zero-order chi connectivity index (χ0) is 23.0. The van der Waals surface area contributed by atoms with Crippen molar-refractivity contribution in [3.8, 4) is 0 Å². The van der Waals surface area contributed by atoms with Crippen LogP contribution in [0.15, 0.2) is 23.8 Å². The summed E-state index contributed by atoms with van der Waals surface area (Å²) >= 11 is 0. The van der Waals surface area contributed by atoms with Crippen molar-refractivity contribution in [1.82, 2.24) is 0 Å². The number of rotatable bonds is 7. The van der Waals surface area contributed by atoms with E-state index in [2.05, 4.69) is 27.4 Å². The molecule has 0 radical (unpaired) electrons. The van der Waals surface area contributed by atoms with Gasteiger partial charge in [0.25, 0.3) is 0 Å². The monoisotopic (exact) mass is 438 g/mol. The first-order valence-electron chi connectivity index (χ1n) is 11.8. The van der Waals surface area contributed by atoms with Gasteiger partial charge in [0.1, 0.15) is 18.3 Å². The molecule has 1 saturated heterocycles. The second kappa shape index (κ2) is 9.24. The zero-order valence-corrected chi connectivity index (χ0v) is 19.6. The van der Waals surface area contributed by atoms with Crippen molar-refractivity contribution in [3.63, 3.8) is 0 Å². The molecule has 6 nitrogen and oxygen atoms in total. The first-order valence-corrected chi connectivity index (χ1v) is 11.8. The van der Waals surface area contributed by atoms with Crippen LogP contribution in [-0.2, 0) is 9.47 Å². The Kier molecular flexibility index (Phi) is 7.41. The molecule has 3 rings (SSSR count). The maximum atomic E-state index is 10.6. The van der Waals surface area contributed by atoms with Crippen LogP contribution in [0.25, 0.3) is 0 Å². The van der Waals surface area contributed by atoms with Gasteiger partial charge in [0.15, 0.2) is 6.29 Å². The largest absolute Gasteiger partial charge is 0.388 e. The molecule has 0 bridgehead atoms. The van der Waals surface area contributed by atoms with Crippen LogP contribution in [0.1, 0.15) is 72.6 Å². The first kappa shape index (κ1) is 24.9. The lowest BCUT2D eigenvalue weighted by molar-refractivity contribution is -0.267. The smallest absolute Gasteiger partial charge is 0.186 e. The Morgan fingerprint density at radius 2 is 1.90 bits per heavy atom. The lowest BCUT2D eigenvalue weighted by Gasteiger charge is -2.55. The van der Waals surface area contributed by atoms with Crippen molar-refractivity contribution in [2.75, 3.05) is 13.2 Å². The van der Waals surface area contributed by atoms with Gasteiger partial charge in [0, 0.05) is 0 Å². The summed E-state index contributed by atoms with van der Waals surface area (Å²) in [7, 11) is 0. The van der Waals surface area contributed by atoms with E-state index in [9.17, 15) is 20.4 Å². The summed E-state index contributed by atoms with van der Waals surface area (Å²) in [5.74, 6) is 0.578. The van der Waals surface area contributed by atoms with E-state index in [4.69, 9.17) is 9.47 Å². The molecule has 1 unspecified atom stereocenters. The van der Waals surface area contributed by atoms with Crippen molar-refractivity contribution in [1.29, 1.82) is 0 Å². The van der Waals surface area contributed by atoms with E-state index in [1.807, 2.05) is 0 Å². The second-order valence-corrected chi connectivity index (χ2v) is 11.1. The van der Waals surface area contributed by atoms with Gasteiger partial charge in [0.05, 0.1) is 18.8 Å². The summed E-state index contributed by atoms with van der Waals surface area (Å²) in [6.45, 7) is 13.0. The Morgan fingerprint density at radius 1 is 1.19 bits per heavy atom. The molecular formula is C25H42O6. The number of fused-ring (bicyclic) bond motifs is 1. The summed E-state index contributed by atoms with van der Waals surface area (Å²) in [6, 6.07) is 0. The summed E-state index contributed by atoms with van der Waals surface area (Å²) in [4.78, 5) is 0. The number of hydrogen-bond donors (Lipinski definition) is 4. The molecule has 31 heavy (non-hydrogen) atoms. The minimum Gasteiger partial charge on any atom is -0.388 e. The van der Waals surface area contributed by atoms with Crippen LogP contribution in [0.5, 0.6) is 0 Å². The fourth-order valence-electron chi connectivity index (χ4n) is 6.28. The number of ether oxygens (including phenoxy) is 2. The van der Waals surface area contributed by atoms with Gasteiger partial charge in [-0.3, -0.25) is 0 Å². The molecule has 4 N–H and O–H groups in total. The highest BCUT2D eigenvalue weighted by Crippen LogP contribution is 2.60. The van der Waals surface area contributed by atoms with Crippen LogP contribution < -0.4 is 0 Å². The van der Waals surface area contributed by atoms with Crippen molar-refractivity contribution >= 4 is 0 Å². The molecule has 178 valence electrons. The van der Waals surface area contributed by atoms with E-state index in [1.54, 1.807) is 13.0 Å². The molecule has 0 aromatic rings. The van der Waals surface area contributed by atoms with Crippen LogP contribution in [0, 0.1) is 16.7 Å². The number of aliphatic hydroxyl groups excluding tert-OH is 3. The fraction of sp³-hybridized carbons (Fsp3) is 0.840. The molecule has 1 heterocycles. The summed E-state index contributed by atoms with van der Waals surface area (Å²) < 4.78 is 11.4. The molecule has 6 heteroatoms. The van der Waals surface area contributed by atoms with Crippen LogP contribution in [0.2, 0.25) is 0 Å². The molecule has 1 saturated carbocycles. The van der Waals surface area contributed by atoms with Gasteiger partial charge in [-0.25, -0.2) is 0 Å². The molecule has 3 aliphatic rings. The van der Waals surface area contributed by atoms with E-state index in [0.29, 0.717) is 18.9 Å². The van der Waals surface area contributed by atoms with Gasteiger partial charge < -0.3 is 29.9 Å². The highest BCUT2D eigenvalue weighted by Gasteiger charge is 2.50. The van der Waals surface area contributed by atoms with Crippen LogP contribution in [0.3, 0.4) is 0 Å². The van der Waals surface area contributed by atoms with Gasteiger partial charge in [-0.05, 0) is 67.8 Å². The lowest BCUT2D eigenvalue weighted by atomic mass is 9.49. The molecule has 0 spiro atoms. The second-order valence-electron chi connectivity index (χ2n) is 11.1. The SMILES string of the molecule is C=CC(C)(O)CCC1=C(CO[C@@H]2OC[C@@H](O)[C@H](O)[C@H]2O)CC[C@H]2C(C)(C)CCC[C@]12C. The standard InChI is InChI=1S/C25H42O6/c1-6-24(4,29)13-10-17-16(14-30-22-21(28)20(27)18(26)15-31-22)8-9-19-23(2,3)11-7-12-25(17,19)5/h6,18-22,26-29H,1,7-15H2,2-5H3/t18-,19+,20+,21-,22-,24?,25-/m1/s1. The van der Waals surface area contributed by atoms with E-state index >= 15 is 0 Å². The quantitative estimate of drug-likeness (QED) is 0.456. The summed E-state index contributed by atoms with van der Waals surface area (Å²) in [5.41, 5.74) is 1.99. The minimum atomic E-state index is -1.28. The van der Waals surface area contributed by atoms with Crippen LogP contribution >= 0.6 is 0 Å². The van der Waals surface area contributed by atoms with Crippen molar-refractivity contribution in [3.05, 3.63) is 23.8 Å². The molecule has 0 amide bonds. The average molecular weight is 439 g/mol. The molecular weight excluding hydrogens is 396 g/mol. The minimum absolute atomic E-state index is 0.0533. The number of aliphatic hydroxyl groups is 4. The Labute approximate surface area is 187 Å². The van der Waals surface area contributed by atoms with Gasteiger partial charge in [-0.2, -0.15) is 0 Å². The van der Waals surface area contributed by atoms with E-state index in [0.717, 1.165) is 25.7 Å². The predicted molar refractivity (Wildman–Crippen MR) is 119 cm³/mol. The third-order valence-electron chi connectivity index (χ3n) is 8.28. The van der Waals surface area contributed by atoms with Crippen molar-refractivity contribution in [2.24, 2.45) is 16.7 Å². The Bertz CT molecular complexity index is 683. The van der Waals surface area contributed by atoms with E-state index in [-0.39, 0.29) is 17.4 Å². The predicted octanol–water partition coefficient (Wildman–Crippen LogP) is 3.08. The molecule has 1 aliphatic heterocycles. The Balaban J connectivity index is 1.84. The maximum absolute atomic E-state index is 10.6. The fourth-order valence-corrected chi connectivity index (χ4v) is 6.28. The third-order valence-corrected chi connectivity index (χ3v) is 8.28. The van der Waals surface area contributed by atoms with Gasteiger partial charge in [-0.15, -0.1) is 6.58 Å². The lowest BCUT2D eigenvalue weighted by Crippen LogP contribution is -2.54. The van der Waals surface area contributed by atoms with Crippen LogP contribution in [-0.4, -0.2) is 63.8 Å². The average Bonchev–Trinajstić information content (AvgIpc) is 2.69. The third kappa shape index (κ3) is 5.10. The van der Waals surface area contributed by atoms with Crippen molar-refractivity contribution < 1.29 is 29.9 Å². The van der Waals surface area contributed by atoms with E-state index in [1.165, 1.54) is 24.0 Å². The highest BCUT2D eigenvalue weighted by molar-refractivity contribution is 5.29. The zero-order valence-electron chi connectivity index (χ0n) is 19.6. The van der Waals surface area contributed by atoms with Crippen molar-refractivity contribution in [2.45, 2.75) is 103 Å². The number of allylic oxidation sites excluding steroid dienone is 1.